The highest BCUT2D eigenvalue weighted by molar-refractivity contribution is 9.10. The molecule has 0 aliphatic rings. The zero-order valence-corrected chi connectivity index (χ0v) is 15.9. The first-order chi connectivity index (χ1) is 13.3. The normalized spacial score (nSPS) is 10.2. The van der Waals surface area contributed by atoms with Gasteiger partial charge in [0.15, 0.2) is 12.4 Å². The topological polar surface area (TPSA) is 116 Å². The minimum absolute atomic E-state index is 0.139. The Morgan fingerprint density at radius 2 is 1.79 bits per heavy atom. The van der Waals surface area contributed by atoms with E-state index in [4.69, 9.17) is 4.74 Å². The van der Waals surface area contributed by atoms with Crippen molar-refractivity contribution in [2.75, 3.05) is 11.9 Å². The molecule has 0 aliphatic carbocycles. The van der Waals surface area contributed by atoms with E-state index >= 15 is 0 Å². The summed E-state index contributed by atoms with van der Waals surface area (Å²) in [7, 11) is 0. The van der Waals surface area contributed by atoms with E-state index in [2.05, 4.69) is 21.2 Å². The van der Waals surface area contributed by atoms with Crippen LogP contribution in [0.1, 0.15) is 23.2 Å². The summed E-state index contributed by atoms with van der Waals surface area (Å²) in [5, 5.41) is 13.1. The number of amides is 1. The minimum atomic E-state index is -0.742. The smallest absolute Gasteiger partial charge is 0.306 e. The summed E-state index contributed by atoms with van der Waals surface area (Å²) in [5.41, 5.74) is 0.398. The van der Waals surface area contributed by atoms with Gasteiger partial charge in [-0.2, -0.15) is 0 Å². The van der Waals surface area contributed by atoms with E-state index in [1.807, 2.05) is 0 Å². The number of ether oxygens (including phenoxy) is 1. The van der Waals surface area contributed by atoms with Gasteiger partial charge in [-0.25, -0.2) is 4.39 Å². The first-order valence-electron chi connectivity index (χ1n) is 7.94. The lowest BCUT2D eigenvalue weighted by atomic mass is 10.1. The Kier molecular flexibility index (Phi) is 7.33. The van der Waals surface area contributed by atoms with E-state index in [-0.39, 0.29) is 35.6 Å². The largest absolute Gasteiger partial charge is 0.456 e. The number of Topliss-reactive ketones (excluding diaryl/α,β-unsaturated/α-hetero) is 1. The lowest BCUT2D eigenvalue weighted by Gasteiger charge is -2.08. The van der Waals surface area contributed by atoms with Crippen molar-refractivity contribution < 1.29 is 28.4 Å². The third kappa shape index (κ3) is 6.23. The maximum Gasteiger partial charge on any atom is 0.306 e. The second kappa shape index (κ2) is 9.70. The number of esters is 1. The van der Waals surface area contributed by atoms with Gasteiger partial charge < -0.3 is 10.1 Å². The Hall–Kier alpha value is -3.14. The Labute approximate surface area is 167 Å². The van der Waals surface area contributed by atoms with Crippen molar-refractivity contribution in [2.24, 2.45) is 0 Å². The number of anilines is 1. The fourth-order valence-corrected chi connectivity index (χ4v) is 2.59. The van der Waals surface area contributed by atoms with Crippen molar-refractivity contribution in [3.8, 4) is 0 Å². The number of carbonyl (C=O) groups is 3. The number of nitrogens with one attached hydrogen (secondary N) is 1. The Morgan fingerprint density at radius 3 is 2.39 bits per heavy atom. The molecule has 1 amide bonds. The summed E-state index contributed by atoms with van der Waals surface area (Å²) in [4.78, 5) is 45.5. The maximum atomic E-state index is 12.8. The molecule has 28 heavy (non-hydrogen) atoms. The lowest BCUT2D eigenvalue weighted by molar-refractivity contribution is -0.384. The highest BCUT2D eigenvalue weighted by Crippen LogP contribution is 2.27. The first kappa shape index (κ1) is 21.2. The van der Waals surface area contributed by atoms with Crippen LogP contribution >= 0.6 is 15.9 Å². The summed E-state index contributed by atoms with van der Waals surface area (Å²) >= 11 is 3.10. The third-order valence-corrected chi connectivity index (χ3v) is 4.18. The molecule has 0 saturated carbocycles. The monoisotopic (exact) mass is 452 g/mol. The van der Waals surface area contributed by atoms with E-state index in [0.717, 1.165) is 12.1 Å². The fourth-order valence-electron chi connectivity index (χ4n) is 2.12. The quantitative estimate of drug-likeness (QED) is 0.283. The van der Waals surface area contributed by atoms with Gasteiger partial charge in [0.2, 0.25) is 0 Å². The van der Waals surface area contributed by atoms with Crippen LogP contribution in [0.25, 0.3) is 0 Å². The molecule has 146 valence electrons. The van der Waals surface area contributed by atoms with Crippen molar-refractivity contribution in [1.82, 2.24) is 0 Å². The van der Waals surface area contributed by atoms with Gasteiger partial charge in [0.1, 0.15) is 5.82 Å². The Morgan fingerprint density at radius 1 is 1.11 bits per heavy atom. The van der Waals surface area contributed by atoms with E-state index in [1.54, 1.807) is 0 Å². The number of nitro benzene ring substituents is 1. The number of nitro groups is 1. The molecule has 0 aliphatic heterocycles. The number of non-ortho nitro benzene ring substituents is 1. The molecule has 0 aromatic heterocycles. The molecule has 0 unspecified atom stereocenters. The van der Waals surface area contributed by atoms with Crippen LogP contribution in [-0.2, 0) is 14.3 Å². The number of hydrogen-bond acceptors (Lipinski definition) is 6. The van der Waals surface area contributed by atoms with Gasteiger partial charge >= 0.3 is 5.97 Å². The summed E-state index contributed by atoms with van der Waals surface area (Å²) < 4.78 is 17.9. The molecule has 2 rings (SSSR count). The molecule has 2 aromatic rings. The van der Waals surface area contributed by atoms with Crippen molar-refractivity contribution in [1.29, 1.82) is 0 Å². The number of carbonyl (C=O) groups excluding carboxylic acids is 3. The first-order valence-corrected chi connectivity index (χ1v) is 8.73. The summed E-state index contributed by atoms with van der Waals surface area (Å²) in [6, 6.07) is 8.70. The molecule has 1 N–H and O–H groups in total. The van der Waals surface area contributed by atoms with E-state index in [1.165, 1.54) is 30.3 Å². The van der Waals surface area contributed by atoms with Crippen LogP contribution in [0.2, 0.25) is 0 Å². The average molecular weight is 453 g/mol. The maximum absolute atomic E-state index is 12.8. The van der Waals surface area contributed by atoms with E-state index in [0.29, 0.717) is 4.47 Å². The van der Waals surface area contributed by atoms with Gasteiger partial charge in [-0.05, 0) is 46.3 Å². The number of benzene rings is 2. The predicted octanol–water partition coefficient (Wildman–Crippen LogP) is 3.64. The van der Waals surface area contributed by atoms with Gasteiger partial charge in [-0.3, -0.25) is 24.5 Å². The zero-order valence-electron chi connectivity index (χ0n) is 14.3. The van der Waals surface area contributed by atoms with Crippen molar-refractivity contribution in [3.05, 3.63) is 68.4 Å². The number of halogens is 2. The molecule has 0 fully saturated rings. The third-order valence-electron chi connectivity index (χ3n) is 3.52. The Balaban J connectivity index is 1.77. The van der Waals surface area contributed by atoms with Crippen LogP contribution in [-0.4, -0.2) is 29.2 Å². The van der Waals surface area contributed by atoms with Gasteiger partial charge in [-0.15, -0.1) is 0 Å². The zero-order chi connectivity index (χ0) is 20.7. The highest BCUT2D eigenvalue weighted by atomic mass is 79.9. The second-order valence-corrected chi connectivity index (χ2v) is 6.41. The van der Waals surface area contributed by atoms with Crippen molar-refractivity contribution in [2.45, 2.75) is 12.8 Å². The van der Waals surface area contributed by atoms with Crippen LogP contribution in [0.5, 0.6) is 0 Å². The molecule has 0 bridgehead atoms. The molecule has 10 heteroatoms. The van der Waals surface area contributed by atoms with Gasteiger partial charge in [0.25, 0.3) is 11.6 Å². The van der Waals surface area contributed by atoms with Crippen LogP contribution in [0.3, 0.4) is 0 Å². The van der Waals surface area contributed by atoms with Crippen LogP contribution in [0.4, 0.5) is 15.8 Å². The lowest BCUT2D eigenvalue weighted by Crippen LogP contribution is -2.21. The van der Waals surface area contributed by atoms with Crippen LogP contribution in [0.15, 0.2) is 46.9 Å². The SMILES string of the molecule is O=C(COC(=O)CCC(=O)c1ccc(F)cc1)Nc1ccc([N+](=O)[O-])cc1Br. The molecule has 0 heterocycles. The highest BCUT2D eigenvalue weighted by Gasteiger charge is 2.14. The summed E-state index contributed by atoms with van der Waals surface area (Å²) in [5.74, 6) is -2.21. The fraction of sp³-hybridized carbons (Fsp3) is 0.167. The van der Waals surface area contributed by atoms with Crippen molar-refractivity contribution >= 4 is 45.0 Å². The molecule has 0 atom stereocenters. The molecule has 0 saturated heterocycles. The van der Waals surface area contributed by atoms with Crippen LogP contribution < -0.4 is 5.32 Å². The number of hydrogen-bond donors (Lipinski definition) is 1. The average Bonchev–Trinajstić information content (AvgIpc) is 2.66. The number of nitrogens with zero attached hydrogens (tertiary/aromatic N) is 1. The number of ketones is 1. The molecular weight excluding hydrogens is 439 g/mol. The Bertz CT molecular complexity index is 917. The minimum Gasteiger partial charge on any atom is -0.456 e. The van der Waals surface area contributed by atoms with Gasteiger partial charge in [0, 0.05) is 28.6 Å². The van der Waals surface area contributed by atoms with Crippen molar-refractivity contribution in [3.63, 3.8) is 0 Å². The summed E-state index contributed by atoms with van der Waals surface area (Å²) in [6.07, 6.45) is -0.370. The molecule has 0 radical (unpaired) electrons. The second-order valence-electron chi connectivity index (χ2n) is 5.56. The molecule has 0 spiro atoms. The predicted molar refractivity (Wildman–Crippen MR) is 100 cm³/mol. The van der Waals surface area contributed by atoms with Gasteiger partial charge in [-0.1, -0.05) is 0 Å². The molecule has 8 nitrogen and oxygen atoms in total. The molecule has 2 aromatic carbocycles. The number of rotatable bonds is 8. The van der Waals surface area contributed by atoms with Crippen LogP contribution in [0, 0.1) is 15.9 Å². The summed E-state index contributed by atoms with van der Waals surface area (Å²) in [6.45, 7) is -0.576. The van der Waals surface area contributed by atoms with Gasteiger partial charge in [0.05, 0.1) is 17.0 Å². The standard InChI is InChI=1S/C18H14BrFN2O6/c19-14-9-13(22(26)27)5-6-15(14)21-17(24)10-28-18(25)8-7-16(23)11-1-3-12(20)4-2-11/h1-6,9H,7-8,10H2,(H,21,24). The van der Waals surface area contributed by atoms with E-state index in [9.17, 15) is 28.9 Å². The molecular formula is C18H14BrFN2O6. The van der Waals surface area contributed by atoms with E-state index < -0.39 is 29.2 Å².